The molecule has 1 aromatic carbocycles. The quantitative estimate of drug-likeness (QED) is 0.273. The molecule has 0 spiro atoms. The average Bonchev–Trinajstić information content (AvgIpc) is 3.54. The van der Waals surface area contributed by atoms with E-state index in [1.165, 1.54) is 61.0 Å². The number of aryl methyl sites for hydroxylation is 1. The van der Waals surface area contributed by atoms with Crippen LogP contribution in [-0.4, -0.2) is 66.1 Å². The highest BCUT2D eigenvalue weighted by Crippen LogP contribution is 2.20. The van der Waals surface area contributed by atoms with Gasteiger partial charge in [0.05, 0.1) is 4.88 Å². The van der Waals surface area contributed by atoms with Crippen molar-refractivity contribution < 1.29 is 4.79 Å². The van der Waals surface area contributed by atoms with Gasteiger partial charge in [0.25, 0.3) is 5.91 Å². The summed E-state index contributed by atoms with van der Waals surface area (Å²) >= 11 is 1.50. The summed E-state index contributed by atoms with van der Waals surface area (Å²) in [7, 11) is 0. The van der Waals surface area contributed by atoms with Crippen LogP contribution < -0.4 is 20.9 Å². The summed E-state index contributed by atoms with van der Waals surface area (Å²) in [6, 6.07) is 15.3. The van der Waals surface area contributed by atoms with Gasteiger partial charge in [-0.2, -0.15) is 4.98 Å². The Labute approximate surface area is 242 Å². The van der Waals surface area contributed by atoms with Gasteiger partial charge in [-0.3, -0.25) is 4.79 Å². The third-order valence-electron chi connectivity index (χ3n) is 7.83. The monoisotopic (exact) mass is 561 g/mol. The molecular formula is C31H43N7OS. The van der Waals surface area contributed by atoms with Crippen molar-refractivity contribution in [1.29, 1.82) is 0 Å². The molecule has 3 heterocycles. The van der Waals surface area contributed by atoms with E-state index in [-0.39, 0.29) is 5.91 Å². The van der Waals surface area contributed by atoms with Crippen LogP contribution in [0.2, 0.25) is 0 Å². The Hall–Kier alpha value is -3.01. The lowest BCUT2D eigenvalue weighted by atomic mass is 9.95. The zero-order chi connectivity index (χ0) is 27.6. The van der Waals surface area contributed by atoms with E-state index in [9.17, 15) is 4.79 Å². The maximum atomic E-state index is 12.7. The minimum Gasteiger partial charge on any atom is -0.353 e. The number of carbonyl (C=O) groups is 1. The molecule has 3 aromatic rings. The number of anilines is 2. The van der Waals surface area contributed by atoms with Gasteiger partial charge in [0, 0.05) is 57.1 Å². The van der Waals surface area contributed by atoms with Gasteiger partial charge >= 0.3 is 0 Å². The zero-order valence-electron chi connectivity index (χ0n) is 23.7. The number of nitrogens with zero attached hydrogens (tertiary/aromatic N) is 4. The van der Waals surface area contributed by atoms with Crippen molar-refractivity contribution >= 4 is 29.0 Å². The average molecular weight is 562 g/mol. The maximum Gasteiger partial charge on any atom is 0.264 e. The molecule has 214 valence electrons. The summed E-state index contributed by atoms with van der Waals surface area (Å²) in [5.74, 6) is 1.67. The normalized spacial score (nSPS) is 16.3. The Balaban J connectivity index is 1.03. The SMILES string of the molecule is Cc1cc(N2CCN(C(=O)c3cccs3)CC2)nc(NCc2ccc(CNCCCNC3CCCCC3)cc2)n1. The van der Waals surface area contributed by atoms with Crippen LogP contribution in [0, 0.1) is 6.92 Å². The van der Waals surface area contributed by atoms with Crippen molar-refractivity contribution in [3.63, 3.8) is 0 Å². The first-order chi connectivity index (χ1) is 19.6. The third-order valence-corrected chi connectivity index (χ3v) is 8.69. The number of carbonyl (C=O) groups excluding carboxylic acids is 1. The van der Waals surface area contributed by atoms with Gasteiger partial charge in [-0.1, -0.05) is 49.6 Å². The van der Waals surface area contributed by atoms with E-state index >= 15 is 0 Å². The molecule has 2 fully saturated rings. The molecule has 0 unspecified atom stereocenters. The molecule has 0 radical (unpaired) electrons. The van der Waals surface area contributed by atoms with Gasteiger partial charge < -0.3 is 25.8 Å². The first-order valence-corrected chi connectivity index (χ1v) is 15.7. The Morgan fingerprint density at radius 2 is 1.70 bits per heavy atom. The highest BCUT2D eigenvalue weighted by molar-refractivity contribution is 7.12. The molecule has 1 saturated carbocycles. The van der Waals surface area contributed by atoms with Gasteiger partial charge in [0.2, 0.25) is 5.95 Å². The number of piperazine rings is 1. The van der Waals surface area contributed by atoms with Gasteiger partial charge in [0.1, 0.15) is 5.82 Å². The van der Waals surface area contributed by atoms with Crippen LogP contribution in [0.15, 0.2) is 47.8 Å². The van der Waals surface area contributed by atoms with Crippen molar-refractivity contribution in [1.82, 2.24) is 25.5 Å². The van der Waals surface area contributed by atoms with Crippen LogP contribution in [0.25, 0.3) is 0 Å². The molecule has 2 aromatic heterocycles. The Kier molecular flexibility index (Phi) is 10.4. The second-order valence-corrected chi connectivity index (χ2v) is 11.9. The number of hydrogen-bond acceptors (Lipinski definition) is 8. The molecule has 0 bridgehead atoms. The highest BCUT2D eigenvalue weighted by atomic mass is 32.1. The number of nitrogens with one attached hydrogen (secondary N) is 3. The van der Waals surface area contributed by atoms with E-state index in [0.29, 0.717) is 25.6 Å². The fourth-order valence-electron chi connectivity index (χ4n) is 5.50. The molecule has 1 amide bonds. The first-order valence-electron chi connectivity index (χ1n) is 14.8. The fourth-order valence-corrected chi connectivity index (χ4v) is 6.19. The molecule has 40 heavy (non-hydrogen) atoms. The molecular weight excluding hydrogens is 518 g/mol. The van der Waals surface area contributed by atoms with Crippen molar-refractivity contribution in [2.45, 2.75) is 64.6 Å². The van der Waals surface area contributed by atoms with Crippen LogP contribution >= 0.6 is 11.3 Å². The molecule has 0 atom stereocenters. The molecule has 9 heteroatoms. The maximum absolute atomic E-state index is 12.7. The molecule has 5 rings (SSSR count). The molecule has 8 nitrogen and oxygen atoms in total. The molecule has 2 aliphatic rings. The number of aromatic nitrogens is 2. The molecule has 1 aliphatic heterocycles. The topological polar surface area (TPSA) is 85.4 Å². The predicted octanol–water partition coefficient (Wildman–Crippen LogP) is 4.82. The molecule has 1 aliphatic carbocycles. The predicted molar refractivity (Wildman–Crippen MR) is 164 cm³/mol. The van der Waals surface area contributed by atoms with Crippen LogP contribution in [0.4, 0.5) is 11.8 Å². The van der Waals surface area contributed by atoms with E-state index < -0.39 is 0 Å². The lowest BCUT2D eigenvalue weighted by Gasteiger charge is -2.35. The standard InChI is InChI=1S/C31H43N7OS/c1-24-21-29(37-16-18-38(19-17-37)30(39)28-9-5-20-40-28)36-31(35-24)34-23-26-12-10-25(11-13-26)22-32-14-6-15-33-27-7-3-2-4-8-27/h5,9-13,20-21,27,32-33H,2-4,6-8,14-19,22-23H2,1H3,(H,34,35,36). The lowest BCUT2D eigenvalue weighted by Crippen LogP contribution is -2.49. The zero-order valence-corrected chi connectivity index (χ0v) is 24.5. The number of rotatable bonds is 12. The minimum absolute atomic E-state index is 0.125. The van der Waals surface area contributed by atoms with E-state index in [1.807, 2.05) is 35.4 Å². The summed E-state index contributed by atoms with van der Waals surface area (Å²) in [5, 5.41) is 12.6. The lowest BCUT2D eigenvalue weighted by molar-refractivity contribution is 0.0751. The summed E-state index contributed by atoms with van der Waals surface area (Å²) in [5.41, 5.74) is 3.43. The van der Waals surface area contributed by atoms with Gasteiger partial charge in [0.15, 0.2) is 0 Å². The van der Waals surface area contributed by atoms with E-state index in [1.54, 1.807) is 0 Å². The number of benzene rings is 1. The third kappa shape index (κ3) is 8.25. The fraction of sp³-hybridized carbons (Fsp3) is 0.516. The van der Waals surface area contributed by atoms with E-state index in [0.717, 1.165) is 55.2 Å². The minimum atomic E-state index is 0.125. The first kappa shape index (κ1) is 28.5. The Morgan fingerprint density at radius 3 is 2.42 bits per heavy atom. The van der Waals surface area contributed by atoms with Crippen LogP contribution in [0.5, 0.6) is 0 Å². The second-order valence-electron chi connectivity index (χ2n) is 10.9. The summed E-state index contributed by atoms with van der Waals surface area (Å²) in [6.07, 6.45) is 8.05. The number of hydrogen-bond donors (Lipinski definition) is 3. The van der Waals surface area contributed by atoms with Crippen molar-refractivity contribution in [3.8, 4) is 0 Å². The summed E-state index contributed by atoms with van der Waals surface area (Å²) in [4.78, 5) is 27.0. The van der Waals surface area contributed by atoms with Crippen molar-refractivity contribution in [2.75, 3.05) is 49.5 Å². The molecule has 1 saturated heterocycles. The van der Waals surface area contributed by atoms with Crippen molar-refractivity contribution in [2.24, 2.45) is 0 Å². The number of thiophene rings is 1. The Morgan fingerprint density at radius 1 is 0.950 bits per heavy atom. The van der Waals surface area contributed by atoms with Crippen LogP contribution in [0.1, 0.15) is 65.0 Å². The van der Waals surface area contributed by atoms with Crippen molar-refractivity contribution in [3.05, 3.63) is 69.5 Å². The second kappa shape index (κ2) is 14.6. The Bertz CT molecular complexity index is 1190. The summed E-state index contributed by atoms with van der Waals surface area (Å²) in [6.45, 7) is 8.63. The highest BCUT2D eigenvalue weighted by Gasteiger charge is 2.24. The van der Waals surface area contributed by atoms with Gasteiger partial charge in [-0.05, 0) is 61.8 Å². The number of amides is 1. The van der Waals surface area contributed by atoms with E-state index in [4.69, 9.17) is 4.98 Å². The van der Waals surface area contributed by atoms with Gasteiger partial charge in [-0.15, -0.1) is 11.3 Å². The largest absolute Gasteiger partial charge is 0.353 e. The van der Waals surface area contributed by atoms with Crippen LogP contribution in [0.3, 0.4) is 0 Å². The van der Waals surface area contributed by atoms with Gasteiger partial charge in [-0.25, -0.2) is 4.98 Å². The molecule has 3 N–H and O–H groups in total. The smallest absolute Gasteiger partial charge is 0.264 e. The van der Waals surface area contributed by atoms with Crippen LogP contribution in [-0.2, 0) is 13.1 Å². The summed E-state index contributed by atoms with van der Waals surface area (Å²) < 4.78 is 0. The van der Waals surface area contributed by atoms with E-state index in [2.05, 4.69) is 50.1 Å².